The third kappa shape index (κ3) is 3.86. The molecule has 1 heterocycles. The lowest BCUT2D eigenvalue weighted by Gasteiger charge is -2.31. The minimum atomic E-state index is -0.398. The van der Waals surface area contributed by atoms with Crippen LogP contribution >= 0.6 is 23.2 Å². The average molecular weight is 355 g/mol. The van der Waals surface area contributed by atoms with Gasteiger partial charge in [-0.05, 0) is 37.1 Å². The molecule has 0 bridgehead atoms. The van der Waals surface area contributed by atoms with Crippen molar-refractivity contribution in [2.45, 2.75) is 32.2 Å². The van der Waals surface area contributed by atoms with E-state index in [9.17, 15) is 4.79 Å². The van der Waals surface area contributed by atoms with Crippen molar-refractivity contribution in [3.8, 4) is 5.69 Å². The number of carbonyl (C=O) groups excluding carboxylic acids is 1. The SMILES string of the molecule is CCC(CC)(CN)NC(=O)c1ccn(-c2ccc(Cl)c(Cl)c2)n1. The molecule has 3 N–H and O–H groups in total. The molecule has 124 valence electrons. The molecule has 1 amide bonds. The Bertz CT molecular complexity index is 687. The second-order valence-electron chi connectivity index (χ2n) is 5.39. The van der Waals surface area contributed by atoms with Gasteiger partial charge in [-0.3, -0.25) is 4.79 Å². The standard InChI is InChI=1S/C16H20Cl2N4O/c1-3-16(4-2,10-19)20-15(23)14-7-8-22(21-14)11-5-6-12(17)13(18)9-11/h5-9H,3-4,10,19H2,1-2H3,(H,20,23). The number of rotatable bonds is 6. The number of nitrogens with one attached hydrogen (secondary N) is 1. The third-order valence-corrected chi connectivity index (χ3v) is 4.85. The predicted octanol–water partition coefficient (Wildman–Crippen LogP) is 3.43. The molecular formula is C16H20Cl2N4O. The monoisotopic (exact) mass is 354 g/mol. The van der Waals surface area contributed by atoms with Crippen molar-refractivity contribution in [3.05, 3.63) is 46.2 Å². The normalized spacial score (nSPS) is 11.5. The minimum Gasteiger partial charge on any atom is -0.344 e. The summed E-state index contributed by atoms with van der Waals surface area (Å²) >= 11 is 11.9. The van der Waals surface area contributed by atoms with Gasteiger partial charge in [-0.25, -0.2) is 4.68 Å². The fourth-order valence-electron chi connectivity index (χ4n) is 2.29. The zero-order chi connectivity index (χ0) is 17.0. The van der Waals surface area contributed by atoms with Gasteiger partial charge in [0.05, 0.1) is 21.3 Å². The van der Waals surface area contributed by atoms with Gasteiger partial charge in [0.15, 0.2) is 5.69 Å². The number of nitrogens with two attached hydrogens (primary N) is 1. The maximum Gasteiger partial charge on any atom is 0.272 e. The molecule has 0 aliphatic rings. The number of halogens is 2. The average Bonchev–Trinajstić information content (AvgIpc) is 3.05. The van der Waals surface area contributed by atoms with Crippen LogP contribution in [-0.2, 0) is 0 Å². The fraction of sp³-hybridized carbons (Fsp3) is 0.375. The molecule has 23 heavy (non-hydrogen) atoms. The number of benzene rings is 1. The van der Waals surface area contributed by atoms with Gasteiger partial charge in [0, 0.05) is 12.7 Å². The summed E-state index contributed by atoms with van der Waals surface area (Å²) in [7, 11) is 0. The summed E-state index contributed by atoms with van der Waals surface area (Å²) in [5, 5.41) is 8.20. The van der Waals surface area contributed by atoms with E-state index in [1.165, 1.54) is 0 Å². The quantitative estimate of drug-likeness (QED) is 0.834. The summed E-state index contributed by atoms with van der Waals surface area (Å²) in [4.78, 5) is 12.4. The molecule has 0 unspecified atom stereocenters. The fourth-order valence-corrected chi connectivity index (χ4v) is 2.58. The highest BCUT2D eigenvalue weighted by Gasteiger charge is 2.27. The maximum absolute atomic E-state index is 12.4. The molecule has 0 radical (unpaired) electrons. The number of hydrogen-bond donors (Lipinski definition) is 2. The van der Waals surface area contributed by atoms with Gasteiger partial charge in [-0.2, -0.15) is 5.10 Å². The molecular weight excluding hydrogens is 335 g/mol. The molecule has 0 aliphatic carbocycles. The lowest BCUT2D eigenvalue weighted by molar-refractivity contribution is 0.0889. The number of nitrogens with zero attached hydrogens (tertiary/aromatic N) is 2. The summed E-state index contributed by atoms with van der Waals surface area (Å²) in [5.74, 6) is -0.238. The molecule has 0 spiro atoms. The van der Waals surface area contributed by atoms with Crippen LogP contribution in [0.1, 0.15) is 37.2 Å². The van der Waals surface area contributed by atoms with Crippen LogP contribution in [0.15, 0.2) is 30.5 Å². The van der Waals surface area contributed by atoms with Gasteiger partial charge >= 0.3 is 0 Å². The topological polar surface area (TPSA) is 72.9 Å². The zero-order valence-corrected chi connectivity index (χ0v) is 14.7. The van der Waals surface area contributed by atoms with Crippen LogP contribution in [0.3, 0.4) is 0 Å². The number of carbonyl (C=O) groups is 1. The summed E-state index contributed by atoms with van der Waals surface area (Å²) in [6.45, 7) is 4.40. The van der Waals surface area contributed by atoms with E-state index in [0.29, 0.717) is 22.3 Å². The molecule has 2 rings (SSSR count). The first-order valence-electron chi connectivity index (χ1n) is 7.48. The molecule has 0 fully saturated rings. The molecule has 0 saturated carbocycles. The smallest absolute Gasteiger partial charge is 0.272 e. The van der Waals surface area contributed by atoms with Crippen LogP contribution in [0, 0.1) is 0 Å². The molecule has 0 saturated heterocycles. The highest BCUT2D eigenvalue weighted by molar-refractivity contribution is 6.42. The van der Waals surface area contributed by atoms with Crippen molar-refractivity contribution in [2.75, 3.05) is 6.54 Å². The Labute approximate surface area is 145 Å². The molecule has 1 aromatic carbocycles. The summed E-state index contributed by atoms with van der Waals surface area (Å²) in [5.41, 5.74) is 6.48. The van der Waals surface area contributed by atoms with E-state index in [4.69, 9.17) is 28.9 Å². The van der Waals surface area contributed by atoms with Crippen molar-refractivity contribution < 1.29 is 4.79 Å². The molecule has 0 aliphatic heterocycles. The Hall–Kier alpha value is -1.56. The van der Waals surface area contributed by atoms with Crippen LogP contribution < -0.4 is 11.1 Å². The van der Waals surface area contributed by atoms with E-state index in [1.54, 1.807) is 35.1 Å². The number of hydrogen-bond acceptors (Lipinski definition) is 3. The minimum absolute atomic E-state index is 0.238. The highest BCUT2D eigenvalue weighted by Crippen LogP contribution is 2.24. The Kier molecular flexibility index (Phi) is 5.68. The third-order valence-electron chi connectivity index (χ3n) is 4.11. The van der Waals surface area contributed by atoms with Crippen LogP contribution in [0.2, 0.25) is 10.0 Å². The van der Waals surface area contributed by atoms with E-state index >= 15 is 0 Å². The summed E-state index contributed by atoms with van der Waals surface area (Å²) in [6.07, 6.45) is 3.23. The van der Waals surface area contributed by atoms with Crippen molar-refractivity contribution in [1.29, 1.82) is 0 Å². The lowest BCUT2D eigenvalue weighted by atomic mass is 9.93. The van der Waals surface area contributed by atoms with Gasteiger partial charge in [0.1, 0.15) is 0 Å². The molecule has 5 nitrogen and oxygen atoms in total. The summed E-state index contributed by atoms with van der Waals surface area (Å²) < 4.78 is 1.58. The first kappa shape index (κ1) is 17.8. The Morgan fingerprint density at radius 1 is 1.26 bits per heavy atom. The summed E-state index contributed by atoms with van der Waals surface area (Å²) in [6, 6.07) is 6.82. The van der Waals surface area contributed by atoms with Gasteiger partial charge in [-0.1, -0.05) is 37.0 Å². The Morgan fingerprint density at radius 2 is 1.96 bits per heavy atom. The van der Waals surface area contributed by atoms with Crippen LogP contribution in [0.4, 0.5) is 0 Å². The largest absolute Gasteiger partial charge is 0.344 e. The maximum atomic E-state index is 12.4. The lowest BCUT2D eigenvalue weighted by Crippen LogP contribution is -2.53. The van der Waals surface area contributed by atoms with Crippen molar-refractivity contribution in [2.24, 2.45) is 5.73 Å². The predicted molar refractivity (Wildman–Crippen MR) is 93.4 cm³/mol. The second-order valence-corrected chi connectivity index (χ2v) is 6.20. The van der Waals surface area contributed by atoms with E-state index in [-0.39, 0.29) is 5.91 Å². The van der Waals surface area contributed by atoms with Crippen LogP contribution in [-0.4, -0.2) is 27.8 Å². The molecule has 7 heteroatoms. The molecule has 2 aromatic rings. The highest BCUT2D eigenvalue weighted by atomic mass is 35.5. The van der Waals surface area contributed by atoms with Gasteiger partial charge in [0.2, 0.25) is 0 Å². The Balaban J connectivity index is 2.21. The van der Waals surface area contributed by atoms with E-state index in [1.807, 2.05) is 13.8 Å². The number of amides is 1. The first-order chi connectivity index (χ1) is 10.9. The van der Waals surface area contributed by atoms with Crippen molar-refractivity contribution in [1.82, 2.24) is 15.1 Å². The van der Waals surface area contributed by atoms with Crippen LogP contribution in [0.5, 0.6) is 0 Å². The van der Waals surface area contributed by atoms with E-state index < -0.39 is 5.54 Å². The zero-order valence-electron chi connectivity index (χ0n) is 13.1. The van der Waals surface area contributed by atoms with Gasteiger partial charge in [-0.15, -0.1) is 0 Å². The van der Waals surface area contributed by atoms with Crippen molar-refractivity contribution >= 4 is 29.1 Å². The van der Waals surface area contributed by atoms with Gasteiger partial charge in [0.25, 0.3) is 5.91 Å². The van der Waals surface area contributed by atoms with Crippen molar-refractivity contribution in [3.63, 3.8) is 0 Å². The Morgan fingerprint density at radius 3 is 2.52 bits per heavy atom. The first-order valence-corrected chi connectivity index (χ1v) is 8.24. The number of aromatic nitrogens is 2. The molecule has 1 aromatic heterocycles. The van der Waals surface area contributed by atoms with Crippen LogP contribution in [0.25, 0.3) is 5.69 Å². The van der Waals surface area contributed by atoms with E-state index in [2.05, 4.69) is 10.4 Å². The van der Waals surface area contributed by atoms with Gasteiger partial charge < -0.3 is 11.1 Å². The molecule has 0 atom stereocenters. The van der Waals surface area contributed by atoms with E-state index in [0.717, 1.165) is 18.5 Å². The second kappa shape index (κ2) is 7.34.